The van der Waals surface area contributed by atoms with Gasteiger partial charge in [0.15, 0.2) is 5.16 Å². The molecule has 0 saturated heterocycles. The SMILES string of the molecule is CCOc1ccc(CC(=O)Nc2ccc(-c3cn4c(n3)SCC4)cc2)cc1. The van der Waals surface area contributed by atoms with E-state index < -0.39 is 0 Å². The molecule has 138 valence electrons. The zero-order valence-electron chi connectivity index (χ0n) is 15.1. The number of aromatic nitrogens is 2. The summed E-state index contributed by atoms with van der Waals surface area (Å²) in [6, 6.07) is 15.5. The molecule has 6 heteroatoms. The Kier molecular flexibility index (Phi) is 5.16. The smallest absolute Gasteiger partial charge is 0.228 e. The van der Waals surface area contributed by atoms with Crippen LogP contribution in [0, 0.1) is 0 Å². The molecule has 5 nitrogen and oxygen atoms in total. The topological polar surface area (TPSA) is 56.1 Å². The maximum Gasteiger partial charge on any atom is 0.228 e. The molecule has 2 heterocycles. The van der Waals surface area contributed by atoms with Crippen LogP contribution in [0.5, 0.6) is 5.75 Å². The lowest BCUT2D eigenvalue weighted by atomic mass is 10.1. The highest BCUT2D eigenvalue weighted by Crippen LogP contribution is 2.29. The van der Waals surface area contributed by atoms with Crippen LogP contribution < -0.4 is 10.1 Å². The summed E-state index contributed by atoms with van der Waals surface area (Å²) < 4.78 is 7.61. The highest BCUT2D eigenvalue weighted by atomic mass is 32.2. The second-order valence-electron chi connectivity index (χ2n) is 6.33. The van der Waals surface area contributed by atoms with Gasteiger partial charge in [0.25, 0.3) is 0 Å². The lowest BCUT2D eigenvalue weighted by Crippen LogP contribution is -2.14. The third-order valence-corrected chi connectivity index (χ3v) is 5.34. The molecule has 1 aliphatic heterocycles. The molecule has 0 spiro atoms. The molecule has 1 aromatic heterocycles. The van der Waals surface area contributed by atoms with Crippen molar-refractivity contribution in [3.63, 3.8) is 0 Å². The molecule has 0 unspecified atom stereocenters. The van der Waals surface area contributed by atoms with E-state index in [0.29, 0.717) is 13.0 Å². The van der Waals surface area contributed by atoms with E-state index in [1.54, 1.807) is 11.8 Å². The molecule has 0 fully saturated rings. The number of aryl methyl sites for hydroxylation is 1. The normalized spacial score (nSPS) is 12.6. The summed E-state index contributed by atoms with van der Waals surface area (Å²) in [6.45, 7) is 3.61. The molecule has 0 radical (unpaired) electrons. The maximum absolute atomic E-state index is 12.3. The fourth-order valence-corrected chi connectivity index (χ4v) is 3.98. The van der Waals surface area contributed by atoms with Gasteiger partial charge in [-0.2, -0.15) is 0 Å². The van der Waals surface area contributed by atoms with Gasteiger partial charge in [-0.05, 0) is 36.8 Å². The average Bonchev–Trinajstić information content (AvgIpc) is 3.26. The van der Waals surface area contributed by atoms with E-state index in [1.165, 1.54) is 0 Å². The fraction of sp³-hybridized carbons (Fsp3) is 0.238. The Morgan fingerprint density at radius 1 is 1.19 bits per heavy atom. The molecule has 0 saturated carbocycles. The molecule has 1 amide bonds. The largest absolute Gasteiger partial charge is 0.494 e. The molecule has 1 aliphatic rings. The Labute approximate surface area is 162 Å². The van der Waals surface area contributed by atoms with E-state index in [0.717, 1.165) is 45.7 Å². The third-order valence-electron chi connectivity index (χ3n) is 4.37. The number of benzene rings is 2. The number of hydrogen-bond donors (Lipinski definition) is 1. The zero-order valence-corrected chi connectivity index (χ0v) is 16.0. The maximum atomic E-state index is 12.3. The number of nitrogens with one attached hydrogen (secondary N) is 1. The monoisotopic (exact) mass is 379 g/mol. The highest BCUT2D eigenvalue weighted by Gasteiger charge is 2.15. The van der Waals surface area contributed by atoms with Crippen molar-refractivity contribution in [2.24, 2.45) is 0 Å². The van der Waals surface area contributed by atoms with Gasteiger partial charge < -0.3 is 14.6 Å². The first kappa shape index (κ1) is 17.7. The molecule has 0 bridgehead atoms. The van der Waals surface area contributed by atoms with Gasteiger partial charge in [0.2, 0.25) is 5.91 Å². The number of nitrogens with zero attached hydrogens (tertiary/aromatic N) is 2. The van der Waals surface area contributed by atoms with Gasteiger partial charge >= 0.3 is 0 Å². The number of carbonyl (C=O) groups is 1. The number of fused-ring (bicyclic) bond motifs is 1. The fourth-order valence-electron chi connectivity index (χ4n) is 3.03. The predicted octanol–water partition coefficient (Wildman–Crippen LogP) is 4.24. The van der Waals surface area contributed by atoms with Crippen LogP contribution in [0.3, 0.4) is 0 Å². The summed E-state index contributed by atoms with van der Waals surface area (Å²) in [5.41, 5.74) is 3.78. The summed E-state index contributed by atoms with van der Waals surface area (Å²) in [5.74, 6) is 1.88. The number of thioether (sulfide) groups is 1. The minimum atomic E-state index is -0.0377. The summed E-state index contributed by atoms with van der Waals surface area (Å²) in [7, 11) is 0. The van der Waals surface area contributed by atoms with E-state index in [9.17, 15) is 4.79 Å². The van der Waals surface area contributed by atoms with Crippen molar-refractivity contribution in [1.82, 2.24) is 9.55 Å². The van der Waals surface area contributed by atoms with Gasteiger partial charge in [-0.1, -0.05) is 36.0 Å². The van der Waals surface area contributed by atoms with E-state index in [1.807, 2.05) is 55.5 Å². The van der Waals surface area contributed by atoms with E-state index in [2.05, 4.69) is 21.1 Å². The molecule has 4 rings (SSSR count). The van der Waals surface area contributed by atoms with Gasteiger partial charge in [0.1, 0.15) is 5.75 Å². The number of hydrogen-bond acceptors (Lipinski definition) is 4. The van der Waals surface area contributed by atoms with Crippen molar-refractivity contribution in [2.75, 3.05) is 17.7 Å². The second kappa shape index (κ2) is 7.88. The molecule has 2 aromatic carbocycles. The molecule has 0 aliphatic carbocycles. The lowest BCUT2D eigenvalue weighted by molar-refractivity contribution is -0.115. The Balaban J connectivity index is 1.36. The van der Waals surface area contributed by atoms with Crippen molar-refractivity contribution < 1.29 is 9.53 Å². The third kappa shape index (κ3) is 4.17. The summed E-state index contributed by atoms with van der Waals surface area (Å²) in [4.78, 5) is 16.9. The Morgan fingerprint density at radius 3 is 2.67 bits per heavy atom. The van der Waals surface area contributed by atoms with Crippen LogP contribution in [0.25, 0.3) is 11.3 Å². The minimum absolute atomic E-state index is 0.0377. The van der Waals surface area contributed by atoms with E-state index in [-0.39, 0.29) is 5.91 Å². The number of anilines is 1. The number of carbonyl (C=O) groups excluding carboxylic acids is 1. The first-order valence-electron chi connectivity index (χ1n) is 9.03. The van der Waals surface area contributed by atoms with Crippen LogP contribution in [-0.4, -0.2) is 27.8 Å². The molecule has 1 N–H and O–H groups in total. The average molecular weight is 379 g/mol. The number of amides is 1. The zero-order chi connectivity index (χ0) is 18.6. The number of ether oxygens (including phenoxy) is 1. The quantitative estimate of drug-likeness (QED) is 0.696. The number of rotatable bonds is 6. The number of imidazole rings is 1. The van der Waals surface area contributed by atoms with Crippen molar-refractivity contribution in [3.05, 3.63) is 60.3 Å². The first-order valence-corrected chi connectivity index (χ1v) is 10.0. The predicted molar refractivity (Wildman–Crippen MR) is 108 cm³/mol. The van der Waals surface area contributed by atoms with Gasteiger partial charge in [-0.15, -0.1) is 0 Å². The van der Waals surface area contributed by atoms with Crippen molar-refractivity contribution >= 4 is 23.4 Å². The van der Waals surface area contributed by atoms with Gasteiger partial charge in [-0.3, -0.25) is 4.79 Å². The van der Waals surface area contributed by atoms with Crippen LogP contribution in [-0.2, 0) is 17.8 Å². The highest BCUT2D eigenvalue weighted by molar-refractivity contribution is 7.99. The first-order chi connectivity index (χ1) is 13.2. The summed E-state index contributed by atoms with van der Waals surface area (Å²) >= 11 is 1.79. The minimum Gasteiger partial charge on any atom is -0.494 e. The van der Waals surface area contributed by atoms with E-state index in [4.69, 9.17) is 4.74 Å². The van der Waals surface area contributed by atoms with E-state index >= 15 is 0 Å². The second-order valence-corrected chi connectivity index (χ2v) is 7.39. The molecule has 3 aromatic rings. The Morgan fingerprint density at radius 2 is 1.96 bits per heavy atom. The van der Waals surface area contributed by atoms with Crippen LogP contribution in [0.15, 0.2) is 59.9 Å². The van der Waals surface area contributed by atoms with Crippen molar-refractivity contribution in [2.45, 2.75) is 25.0 Å². The van der Waals surface area contributed by atoms with Crippen LogP contribution >= 0.6 is 11.8 Å². The van der Waals surface area contributed by atoms with Crippen LogP contribution in [0.4, 0.5) is 5.69 Å². The van der Waals surface area contributed by atoms with Crippen LogP contribution in [0.1, 0.15) is 12.5 Å². The Hall–Kier alpha value is -2.73. The van der Waals surface area contributed by atoms with Gasteiger partial charge in [-0.25, -0.2) is 4.98 Å². The summed E-state index contributed by atoms with van der Waals surface area (Å²) in [6.07, 6.45) is 2.42. The standard InChI is InChI=1S/C21H21N3O2S/c1-2-26-18-9-3-15(4-10-18)13-20(25)22-17-7-5-16(6-8-17)19-14-24-11-12-27-21(24)23-19/h3-10,14H,2,11-13H2,1H3,(H,22,25). The van der Waals surface area contributed by atoms with Crippen molar-refractivity contribution in [1.29, 1.82) is 0 Å². The van der Waals surface area contributed by atoms with Crippen molar-refractivity contribution in [3.8, 4) is 17.0 Å². The lowest BCUT2D eigenvalue weighted by Gasteiger charge is -2.07. The van der Waals surface area contributed by atoms with Gasteiger partial charge in [0, 0.05) is 29.7 Å². The molecule has 0 atom stereocenters. The van der Waals surface area contributed by atoms with Gasteiger partial charge in [0.05, 0.1) is 18.7 Å². The Bertz CT molecular complexity index is 912. The molecular formula is C21H21N3O2S. The summed E-state index contributed by atoms with van der Waals surface area (Å²) in [5, 5.41) is 4.03. The van der Waals surface area contributed by atoms with Crippen LogP contribution in [0.2, 0.25) is 0 Å². The molecular weight excluding hydrogens is 358 g/mol. The molecule has 27 heavy (non-hydrogen) atoms.